The van der Waals surface area contributed by atoms with E-state index < -0.39 is 0 Å². The highest BCUT2D eigenvalue weighted by atomic mass is 16.5. The van der Waals surface area contributed by atoms with E-state index in [4.69, 9.17) is 4.74 Å². The fraction of sp³-hybridized carbons (Fsp3) is 0.192. The number of aromatic nitrogens is 2. The van der Waals surface area contributed by atoms with Crippen molar-refractivity contribution in [1.29, 1.82) is 0 Å². The van der Waals surface area contributed by atoms with Crippen LogP contribution in [0.25, 0.3) is 23.3 Å². The molecule has 6 nitrogen and oxygen atoms in total. The molecule has 0 saturated heterocycles. The van der Waals surface area contributed by atoms with Gasteiger partial charge >= 0.3 is 11.7 Å². The smallest absolute Gasteiger partial charge is 0.347 e. The summed E-state index contributed by atoms with van der Waals surface area (Å²) in [6.45, 7) is 2.13. The largest absolute Gasteiger partial charge is 0.462 e. The van der Waals surface area contributed by atoms with Crippen LogP contribution in [-0.2, 0) is 4.74 Å². The summed E-state index contributed by atoms with van der Waals surface area (Å²) in [6, 6.07) is 15.3. The summed E-state index contributed by atoms with van der Waals surface area (Å²) in [5.74, 6) is 0.272. The number of carbonyl (C=O) groups excluding carboxylic acids is 1. The fourth-order valence-electron chi connectivity index (χ4n) is 3.69. The van der Waals surface area contributed by atoms with E-state index in [9.17, 15) is 9.59 Å². The maximum absolute atomic E-state index is 12.2. The number of nitrogens with one attached hydrogen (secondary N) is 1. The van der Waals surface area contributed by atoms with Gasteiger partial charge in [0.2, 0.25) is 0 Å². The van der Waals surface area contributed by atoms with Crippen LogP contribution < -0.4 is 21.2 Å². The first-order valence-electron chi connectivity index (χ1n) is 10.7. The van der Waals surface area contributed by atoms with Gasteiger partial charge in [0, 0.05) is 23.3 Å². The van der Waals surface area contributed by atoms with Gasteiger partial charge in [0.1, 0.15) is 5.82 Å². The Bertz CT molecular complexity index is 1340. The number of aromatic amines is 1. The van der Waals surface area contributed by atoms with Gasteiger partial charge in [-0.25, -0.2) is 9.59 Å². The topological polar surface area (TPSA) is 75.3 Å². The van der Waals surface area contributed by atoms with Crippen molar-refractivity contribution in [2.24, 2.45) is 0 Å². The van der Waals surface area contributed by atoms with Gasteiger partial charge in [-0.05, 0) is 61.2 Å². The molecule has 0 bridgehead atoms. The molecule has 1 aliphatic rings. The lowest BCUT2D eigenvalue weighted by Crippen LogP contribution is -2.40. The van der Waals surface area contributed by atoms with Crippen molar-refractivity contribution in [1.82, 2.24) is 9.97 Å². The molecule has 0 aliphatic heterocycles. The molecule has 0 radical (unpaired) electrons. The summed E-state index contributed by atoms with van der Waals surface area (Å²) in [5, 5.41) is 1.68. The molecule has 0 spiro atoms. The predicted octanol–water partition coefficient (Wildman–Crippen LogP) is 3.29. The van der Waals surface area contributed by atoms with Gasteiger partial charge in [-0.2, -0.15) is 4.98 Å². The Hall–Kier alpha value is -3.93. The SMILES string of the molecule is CCOC(=O)c1cccc(-c2ccc(N(C)c3nc(=O)[nH]c4c3=CC=CCCC=4)cc2)c1. The van der Waals surface area contributed by atoms with Crippen LogP contribution in [0, 0.1) is 0 Å². The Morgan fingerprint density at radius 2 is 1.94 bits per heavy atom. The van der Waals surface area contributed by atoms with E-state index in [1.165, 1.54) is 0 Å². The number of fused-ring (bicyclic) bond motifs is 1. The summed E-state index contributed by atoms with van der Waals surface area (Å²) in [4.78, 5) is 33.2. The maximum Gasteiger partial charge on any atom is 0.347 e. The fourth-order valence-corrected chi connectivity index (χ4v) is 3.69. The number of allylic oxidation sites excluding steroid dienone is 2. The highest BCUT2D eigenvalue weighted by Gasteiger charge is 2.12. The number of esters is 1. The van der Waals surface area contributed by atoms with Gasteiger partial charge in [0.15, 0.2) is 0 Å². The summed E-state index contributed by atoms with van der Waals surface area (Å²) < 4.78 is 5.10. The number of H-pyrrole nitrogens is 1. The lowest BCUT2D eigenvalue weighted by atomic mass is 10.0. The molecule has 0 unspecified atom stereocenters. The van der Waals surface area contributed by atoms with Crippen LogP contribution in [0.2, 0.25) is 0 Å². The molecule has 6 heteroatoms. The van der Waals surface area contributed by atoms with Crippen molar-refractivity contribution < 1.29 is 9.53 Å². The normalized spacial score (nSPS) is 12.6. The van der Waals surface area contributed by atoms with E-state index in [1.807, 2.05) is 72.6 Å². The molecule has 32 heavy (non-hydrogen) atoms. The highest BCUT2D eigenvalue weighted by Crippen LogP contribution is 2.25. The molecule has 0 amide bonds. The van der Waals surface area contributed by atoms with Crippen LogP contribution in [-0.4, -0.2) is 29.6 Å². The van der Waals surface area contributed by atoms with Crippen LogP contribution >= 0.6 is 0 Å². The molecule has 1 aromatic heterocycles. The van der Waals surface area contributed by atoms with E-state index >= 15 is 0 Å². The first kappa shape index (κ1) is 21.3. The third-order valence-electron chi connectivity index (χ3n) is 5.34. The minimum atomic E-state index is -0.368. The predicted molar refractivity (Wildman–Crippen MR) is 127 cm³/mol. The Labute approximate surface area is 186 Å². The minimum absolute atomic E-state index is 0.329. The second-order valence-corrected chi connectivity index (χ2v) is 7.48. The zero-order valence-corrected chi connectivity index (χ0v) is 18.2. The molecular weight excluding hydrogens is 402 g/mol. The Morgan fingerprint density at radius 1 is 1.12 bits per heavy atom. The number of nitrogens with zero attached hydrogens (tertiary/aromatic N) is 2. The van der Waals surface area contributed by atoms with Gasteiger partial charge in [-0.15, -0.1) is 0 Å². The second-order valence-electron chi connectivity index (χ2n) is 7.48. The van der Waals surface area contributed by atoms with Crippen LogP contribution in [0.4, 0.5) is 11.5 Å². The molecule has 0 fully saturated rings. The number of benzene rings is 2. The number of anilines is 2. The molecule has 3 aromatic rings. The van der Waals surface area contributed by atoms with Crippen LogP contribution in [0.5, 0.6) is 0 Å². The van der Waals surface area contributed by atoms with Gasteiger partial charge in [0.25, 0.3) is 0 Å². The Kier molecular flexibility index (Phi) is 6.31. The summed E-state index contributed by atoms with van der Waals surface area (Å²) in [7, 11) is 1.90. The molecule has 1 aliphatic carbocycles. The molecule has 1 heterocycles. The summed E-state index contributed by atoms with van der Waals surface area (Å²) >= 11 is 0. The first-order valence-corrected chi connectivity index (χ1v) is 10.7. The van der Waals surface area contributed by atoms with Crippen molar-refractivity contribution >= 4 is 29.6 Å². The number of hydrogen-bond donors (Lipinski definition) is 1. The van der Waals surface area contributed by atoms with Crippen LogP contribution in [0.1, 0.15) is 30.1 Å². The number of carbonyl (C=O) groups is 1. The van der Waals surface area contributed by atoms with Crippen molar-refractivity contribution in [2.45, 2.75) is 19.8 Å². The quantitative estimate of drug-likeness (QED) is 0.633. The van der Waals surface area contributed by atoms with Gasteiger partial charge in [-0.3, -0.25) is 0 Å². The standard InChI is InChI=1S/C26H25N3O3/c1-3-32-25(30)20-10-8-9-19(17-20)18-13-15-21(16-14-18)29(2)24-22-11-6-4-5-7-12-23(22)27-26(31)28-24/h4,6,8-17H,3,5,7H2,1-2H3,(H,27,31). The van der Waals surface area contributed by atoms with Gasteiger partial charge < -0.3 is 14.6 Å². The molecule has 0 atom stereocenters. The number of hydrogen-bond acceptors (Lipinski definition) is 5. The van der Waals surface area contributed by atoms with E-state index in [0.29, 0.717) is 18.0 Å². The maximum atomic E-state index is 12.2. The molecular formula is C26H25N3O3. The van der Waals surface area contributed by atoms with Crippen molar-refractivity contribution in [3.05, 3.63) is 87.3 Å². The van der Waals surface area contributed by atoms with E-state index in [1.54, 1.807) is 13.0 Å². The first-order chi connectivity index (χ1) is 15.6. The monoisotopic (exact) mass is 427 g/mol. The van der Waals surface area contributed by atoms with E-state index in [-0.39, 0.29) is 11.7 Å². The number of rotatable bonds is 5. The van der Waals surface area contributed by atoms with Crippen molar-refractivity contribution in [2.75, 3.05) is 18.6 Å². The lowest BCUT2D eigenvalue weighted by molar-refractivity contribution is 0.0526. The van der Waals surface area contributed by atoms with Crippen LogP contribution in [0.3, 0.4) is 0 Å². The second kappa shape index (κ2) is 9.47. The molecule has 0 saturated carbocycles. The average Bonchev–Trinajstić information content (AvgIpc) is 2.79. The van der Waals surface area contributed by atoms with Crippen molar-refractivity contribution in [3.8, 4) is 11.1 Å². The molecule has 1 N–H and O–H groups in total. The average molecular weight is 428 g/mol. The zero-order chi connectivity index (χ0) is 22.5. The Balaban J connectivity index is 1.68. The molecule has 2 aromatic carbocycles. The zero-order valence-electron chi connectivity index (χ0n) is 18.2. The van der Waals surface area contributed by atoms with Crippen LogP contribution in [0.15, 0.2) is 65.5 Å². The minimum Gasteiger partial charge on any atom is -0.462 e. The van der Waals surface area contributed by atoms with E-state index in [2.05, 4.69) is 16.0 Å². The number of ether oxygens (including phenoxy) is 1. The van der Waals surface area contributed by atoms with Gasteiger partial charge in [-0.1, -0.05) is 42.5 Å². The summed E-state index contributed by atoms with van der Waals surface area (Å²) in [6.07, 6.45) is 9.92. The molecule has 4 rings (SSSR count). The van der Waals surface area contributed by atoms with Gasteiger partial charge in [0.05, 0.1) is 12.2 Å². The van der Waals surface area contributed by atoms with E-state index in [0.717, 1.165) is 40.2 Å². The Morgan fingerprint density at radius 3 is 2.72 bits per heavy atom. The third kappa shape index (κ3) is 4.54. The third-order valence-corrected chi connectivity index (χ3v) is 5.34. The summed E-state index contributed by atoms with van der Waals surface area (Å²) in [5.41, 5.74) is 2.96. The van der Waals surface area contributed by atoms with Crippen molar-refractivity contribution in [3.63, 3.8) is 0 Å². The lowest BCUT2D eigenvalue weighted by Gasteiger charge is -2.19. The molecule has 162 valence electrons. The highest BCUT2D eigenvalue weighted by molar-refractivity contribution is 5.91.